The van der Waals surface area contributed by atoms with E-state index < -0.39 is 0 Å². The molecule has 0 N–H and O–H groups in total. The minimum absolute atomic E-state index is 0.0790. The second-order valence-corrected chi connectivity index (χ2v) is 5.89. The molecule has 0 saturated heterocycles. The lowest BCUT2D eigenvalue weighted by atomic mass is 10.2. The first-order valence-corrected chi connectivity index (χ1v) is 8.26. The van der Waals surface area contributed by atoms with Gasteiger partial charge in [-0.15, -0.1) is 10.2 Å². The number of rotatable bonds is 4. The highest BCUT2D eigenvalue weighted by Gasteiger charge is 2.31. The molecule has 1 aromatic heterocycles. The Morgan fingerprint density at radius 1 is 1.00 bits per heavy atom. The molecular weight excluding hydrogens is 312 g/mol. The number of amides is 1. The Hall–Kier alpha value is -2.14. The summed E-state index contributed by atoms with van der Waals surface area (Å²) in [6.45, 7) is 5.56. The molecule has 0 atom stereocenters. The molecule has 0 radical (unpaired) electrons. The van der Waals surface area contributed by atoms with Gasteiger partial charge in [0.1, 0.15) is 0 Å². The van der Waals surface area contributed by atoms with Crippen molar-refractivity contribution in [1.29, 1.82) is 0 Å². The molecule has 2 aromatic rings. The molecule has 2 heterocycles. The van der Waals surface area contributed by atoms with Crippen molar-refractivity contribution >= 4 is 34.7 Å². The molecular formula is C17H19ClN4O. The standard InChI is InChI=1S/C17H19ClN4O/c1-3-9-21-13-7-5-6-8-14(13)22(10-4-2)17(23)12-11-15(18)19-20-16(12)21/h5-8,11H,3-4,9-10H2,1-2H3. The Bertz CT molecular complexity index is 734. The van der Waals surface area contributed by atoms with E-state index in [9.17, 15) is 4.79 Å². The molecule has 1 amide bonds. The highest BCUT2D eigenvalue weighted by molar-refractivity contribution is 6.30. The van der Waals surface area contributed by atoms with Gasteiger partial charge in [-0.3, -0.25) is 4.79 Å². The zero-order valence-corrected chi connectivity index (χ0v) is 14.0. The first-order chi connectivity index (χ1) is 11.2. The van der Waals surface area contributed by atoms with Crippen molar-refractivity contribution in [3.63, 3.8) is 0 Å². The van der Waals surface area contributed by atoms with E-state index in [1.807, 2.05) is 29.2 Å². The topological polar surface area (TPSA) is 49.3 Å². The van der Waals surface area contributed by atoms with E-state index in [1.54, 1.807) is 6.07 Å². The van der Waals surface area contributed by atoms with Crippen LogP contribution in [0.15, 0.2) is 30.3 Å². The molecule has 0 bridgehead atoms. The van der Waals surface area contributed by atoms with Crippen molar-refractivity contribution < 1.29 is 4.79 Å². The lowest BCUT2D eigenvalue weighted by Gasteiger charge is -2.26. The molecule has 0 fully saturated rings. The van der Waals surface area contributed by atoms with Gasteiger partial charge in [-0.1, -0.05) is 37.6 Å². The number of fused-ring (bicyclic) bond motifs is 2. The molecule has 0 spiro atoms. The summed E-state index contributed by atoms with van der Waals surface area (Å²) in [6.07, 6.45) is 1.80. The average Bonchev–Trinajstić information content (AvgIpc) is 2.65. The minimum atomic E-state index is -0.0790. The largest absolute Gasteiger partial charge is 0.322 e. The first kappa shape index (κ1) is 15.7. The number of aromatic nitrogens is 2. The summed E-state index contributed by atoms with van der Waals surface area (Å²) in [5.41, 5.74) is 2.39. The number of carbonyl (C=O) groups excluding carboxylic acids is 1. The van der Waals surface area contributed by atoms with E-state index in [1.165, 1.54) is 0 Å². The van der Waals surface area contributed by atoms with Gasteiger partial charge in [0.2, 0.25) is 0 Å². The van der Waals surface area contributed by atoms with Crippen LogP contribution in [0.1, 0.15) is 37.0 Å². The van der Waals surface area contributed by atoms with Gasteiger partial charge in [-0.05, 0) is 31.0 Å². The Kier molecular flexibility index (Phi) is 4.48. The maximum atomic E-state index is 13.1. The summed E-state index contributed by atoms with van der Waals surface area (Å²) in [5, 5.41) is 8.40. The van der Waals surface area contributed by atoms with Crippen molar-refractivity contribution in [1.82, 2.24) is 10.2 Å². The molecule has 1 aliphatic heterocycles. The molecule has 6 heteroatoms. The third-order valence-electron chi connectivity index (χ3n) is 3.83. The van der Waals surface area contributed by atoms with Crippen molar-refractivity contribution in [3.05, 3.63) is 41.0 Å². The van der Waals surface area contributed by atoms with Crippen molar-refractivity contribution in [2.24, 2.45) is 0 Å². The number of halogens is 1. The lowest BCUT2D eigenvalue weighted by Crippen LogP contribution is -2.31. The SMILES string of the molecule is CCCN1C(=O)c2cc(Cl)nnc2N(CCC)c2ccccc21. The normalized spacial score (nSPS) is 13.6. The molecule has 5 nitrogen and oxygen atoms in total. The van der Waals surface area contributed by atoms with Gasteiger partial charge in [0.05, 0.1) is 16.9 Å². The van der Waals surface area contributed by atoms with Crippen LogP contribution >= 0.6 is 11.6 Å². The summed E-state index contributed by atoms with van der Waals surface area (Å²) in [6, 6.07) is 9.54. The Balaban J connectivity index is 2.26. The summed E-state index contributed by atoms with van der Waals surface area (Å²) < 4.78 is 0. The van der Waals surface area contributed by atoms with Crippen LogP contribution in [0.4, 0.5) is 17.2 Å². The highest BCUT2D eigenvalue weighted by atomic mass is 35.5. The summed E-state index contributed by atoms with van der Waals surface area (Å²) in [5.74, 6) is 0.497. The van der Waals surface area contributed by atoms with Gasteiger partial charge in [0.15, 0.2) is 11.0 Å². The predicted octanol–water partition coefficient (Wildman–Crippen LogP) is 4.05. The van der Waals surface area contributed by atoms with E-state index in [0.717, 1.165) is 30.8 Å². The van der Waals surface area contributed by atoms with E-state index in [2.05, 4.69) is 28.9 Å². The number of para-hydroxylation sites is 2. The van der Waals surface area contributed by atoms with Crippen LogP contribution in [0.5, 0.6) is 0 Å². The van der Waals surface area contributed by atoms with Crippen LogP contribution in [0.3, 0.4) is 0 Å². The third kappa shape index (κ3) is 2.77. The second kappa shape index (κ2) is 6.54. The van der Waals surface area contributed by atoms with Crippen LogP contribution in [-0.4, -0.2) is 29.2 Å². The van der Waals surface area contributed by atoms with Gasteiger partial charge in [0.25, 0.3) is 5.91 Å². The molecule has 0 aliphatic carbocycles. The molecule has 120 valence electrons. The van der Waals surface area contributed by atoms with Gasteiger partial charge in [-0.2, -0.15) is 0 Å². The first-order valence-electron chi connectivity index (χ1n) is 7.89. The minimum Gasteiger partial charge on any atom is -0.322 e. The van der Waals surface area contributed by atoms with E-state index in [-0.39, 0.29) is 11.1 Å². The maximum absolute atomic E-state index is 13.1. The lowest BCUT2D eigenvalue weighted by molar-refractivity contribution is 0.0988. The van der Waals surface area contributed by atoms with Crippen molar-refractivity contribution in [2.45, 2.75) is 26.7 Å². The number of anilines is 3. The number of carbonyl (C=O) groups is 1. The monoisotopic (exact) mass is 330 g/mol. The fraction of sp³-hybridized carbons (Fsp3) is 0.353. The van der Waals surface area contributed by atoms with Crippen LogP contribution in [0, 0.1) is 0 Å². The van der Waals surface area contributed by atoms with E-state index in [4.69, 9.17) is 11.6 Å². The van der Waals surface area contributed by atoms with Crippen LogP contribution in [-0.2, 0) is 0 Å². The summed E-state index contributed by atoms with van der Waals surface area (Å²) >= 11 is 5.99. The van der Waals surface area contributed by atoms with Crippen molar-refractivity contribution in [2.75, 3.05) is 22.9 Å². The fourth-order valence-corrected chi connectivity index (χ4v) is 3.05. The Morgan fingerprint density at radius 3 is 2.26 bits per heavy atom. The molecule has 0 unspecified atom stereocenters. The summed E-state index contributed by atoms with van der Waals surface area (Å²) in [7, 11) is 0. The molecule has 0 saturated carbocycles. The smallest absolute Gasteiger partial charge is 0.262 e. The van der Waals surface area contributed by atoms with Gasteiger partial charge < -0.3 is 9.80 Å². The second-order valence-electron chi connectivity index (χ2n) is 5.50. The number of nitrogens with zero attached hydrogens (tertiary/aromatic N) is 4. The van der Waals surface area contributed by atoms with Gasteiger partial charge in [0, 0.05) is 13.1 Å². The zero-order valence-electron chi connectivity index (χ0n) is 13.3. The molecule has 23 heavy (non-hydrogen) atoms. The maximum Gasteiger partial charge on any atom is 0.262 e. The number of benzene rings is 1. The number of hydrogen-bond donors (Lipinski definition) is 0. The molecule has 1 aromatic carbocycles. The van der Waals surface area contributed by atoms with Crippen LogP contribution < -0.4 is 9.80 Å². The Labute approximate surface area is 140 Å². The highest BCUT2D eigenvalue weighted by Crippen LogP contribution is 2.39. The molecule has 1 aliphatic rings. The fourth-order valence-electron chi connectivity index (χ4n) is 2.90. The van der Waals surface area contributed by atoms with Crippen molar-refractivity contribution in [3.8, 4) is 0 Å². The van der Waals surface area contributed by atoms with Crippen LogP contribution in [0.2, 0.25) is 5.15 Å². The van der Waals surface area contributed by atoms with Gasteiger partial charge in [-0.25, -0.2) is 0 Å². The van der Waals surface area contributed by atoms with E-state index >= 15 is 0 Å². The predicted molar refractivity (Wildman–Crippen MR) is 92.7 cm³/mol. The average molecular weight is 331 g/mol. The molecule has 3 rings (SSSR count). The summed E-state index contributed by atoms with van der Waals surface area (Å²) in [4.78, 5) is 16.9. The van der Waals surface area contributed by atoms with E-state index in [0.29, 0.717) is 17.9 Å². The van der Waals surface area contributed by atoms with Gasteiger partial charge >= 0.3 is 0 Å². The Morgan fingerprint density at radius 2 is 1.61 bits per heavy atom. The number of hydrogen-bond acceptors (Lipinski definition) is 4. The van der Waals surface area contributed by atoms with Crippen LogP contribution in [0.25, 0.3) is 0 Å². The third-order valence-corrected chi connectivity index (χ3v) is 4.02. The quantitative estimate of drug-likeness (QED) is 0.848. The zero-order chi connectivity index (χ0) is 16.4.